The van der Waals surface area contributed by atoms with E-state index in [9.17, 15) is 4.79 Å². The molecule has 106 valence electrons. The summed E-state index contributed by atoms with van der Waals surface area (Å²) in [6, 6.07) is 12.8. The van der Waals surface area contributed by atoms with Gasteiger partial charge in [-0.25, -0.2) is 0 Å². The van der Waals surface area contributed by atoms with E-state index in [4.69, 9.17) is 0 Å². The van der Waals surface area contributed by atoms with Gasteiger partial charge in [0.25, 0.3) is 5.91 Å². The fraction of sp³-hybridized carbons (Fsp3) is 0.235. The first-order valence-corrected chi connectivity index (χ1v) is 8.88. The summed E-state index contributed by atoms with van der Waals surface area (Å²) in [7, 11) is 0. The molecule has 2 nitrogen and oxygen atoms in total. The largest absolute Gasteiger partial charge is 0.331 e. The van der Waals surface area contributed by atoms with E-state index in [0.29, 0.717) is 6.04 Å². The smallest absolute Gasteiger partial charge is 0.264 e. The molecule has 0 saturated heterocycles. The Bertz CT molecular complexity index is 738. The molecule has 0 N–H and O–H groups in total. The summed E-state index contributed by atoms with van der Waals surface area (Å²) in [4.78, 5) is 15.8. The first kappa shape index (κ1) is 13.0. The molecule has 0 spiro atoms. The van der Waals surface area contributed by atoms with Gasteiger partial charge in [-0.3, -0.25) is 4.79 Å². The topological polar surface area (TPSA) is 20.3 Å². The number of thiophene rings is 2. The third-order valence-corrected chi connectivity index (χ3v) is 5.65. The van der Waals surface area contributed by atoms with Crippen LogP contribution in [-0.2, 0) is 6.54 Å². The lowest BCUT2D eigenvalue weighted by atomic mass is 10.2. The number of nitrogens with zero attached hydrogens (tertiary/aromatic N) is 1. The second-order valence-corrected chi connectivity index (χ2v) is 7.31. The van der Waals surface area contributed by atoms with Crippen LogP contribution in [-0.4, -0.2) is 16.8 Å². The van der Waals surface area contributed by atoms with Crippen molar-refractivity contribution in [1.29, 1.82) is 0 Å². The third kappa shape index (κ3) is 2.61. The predicted octanol–water partition coefficient (Wildman–Crippen LogP) is 4.77. The summed E-state index contributed by atoms with van der Waals surface area (Å²) in [6.45, 7) is 0.737. The van der Waals surface area contributed by atoms with Crippen LogP contribution < -0.4 is 0 Å². The highest BCUT2D eigenvalue weighted by molar-refractivity contribution is 7.20. The fourth-order valence-electron chi connectivity index (χ4n) is 2.56. The number of hydrogen-bond acceptors (Lipinski definition) is 3. The fourth-order valence-corrected chi connectivity index (χ4v) is 4.24. The van der Waals surface area contributed by atoms with Crippen molar-refractivity contribution in [3.05, 3.63) is 57.6 Å². The second kappa shape index (κ2) is 5.28. The molecule has 2 heterocycles. The Morgan fingerprint density at radius 2 is 2.10 bits per heavy atom. The van der Waals surface area contributed by atoms with Gasteiger partial charge in [0.15, 0.2) is 0 Å². The highest BCUT2D eigenvalue weighted by Gasteiger charge is 2.33. The molecule has 1 aromatic carbocycles. The number of carbonyl (C=O) groups is 1. The van der Waals surface area contributed by atoms with Gasteiger partial charge in [0.2, 0.25) is 0 Å². The van der Waals surface area contributed by atoms with Crippen molar-refractivity contribution in [3.8, 4) is 0 Å². The summed E-state index contributed by atoms with van der Waals surface area (Å²) in [5.74, 6) is 0.185. The van der Waals surface area contributed by atoms with Crippen molar-refractivity contribution in [2.75, 3.05) is 0 Å². The van der Waals surface area contributed by atoms with Gasteiger partial charge in [-0.1, -0.05) is 18.2 Å². The second-order valence-electron chi connectivity index (χ2n) is 5.44. The number of rotatable bonds is 4. The molecule has 4 heteroatoms. The van der Waals surface area contributed by atoms with Crippen molar-refractivity contribution in [2.24, 2.45) is 0 Å². The molecule has 0 atom stereocenters. The Labute approximate surface area is 131 Å². The molecule has 1 aliphatic carbocycles. The molecular formula is C17H15NOS2. The van der Waals surface area contributed by atoms with Crippen LogP contribution in [0.1, 0.15) is 28.1 Å². The van der Waals surface area contributed by atoms with E-state index in [1.165, 1.54) is 10.3 Å². The van der Waals surface area contributed by atoms with Gasteiger partial charge in [0.1, 0.15) is 0 Å². The molecule has 4 rings (SSSR count). The number of amides is 1. The minimum atomic E-state index is 0.185. The third-order valence-electron chi connectivity index (χ3n) is 3.82. The van der Waals surface area contributed by atoms with E-state index < -0.39 is 0 Å². The van der Waals surface area contributed by atoms with Crippen molar-refractivity contribution in [1.82, 2.24) is 4.90 Å². The number of hydrogen-bond donors (Lipinski definition) is 0. The minimum absolute atomic E-state index is 0.185. The van der Waals surface area contributed by atoms with E-state index in [2.05, 4.69) is 29.0 Å². The maximum atomic E-state index is 12.9. The lowest BCUT2D eigenvalue weighted by Crippen LogP contribution is -2.31. The van der Waals surface area contributed by atoms with Gasteiger partial charge >= 0.3 is 0 Å². The van der Waals surface area contributed by atoms with E-state index in [-0.39, 0.29) is 5.91 Å². The van der Waals surface area contributed by atoms with Crippen molar-refractivity contribution in [2.45, 2.75) is 25.4 Å². The monoisotopic (exact) mass is 313 g/mol. The first-order valence-electron chi connectivity index (χ1n) is 7.12. The highest BCUT2D eigenvalue weighted by atomic mass is 32.1. The molecule has 3 aromatic rings. The van der Waals surface area contributed by atoms with Crippen LogP contribution in [0.15, 0.2) is 47.2 Å². The quantitative estimate of drug-likeness (QED) is 0.679. The Kier molecular flexibility index (Phi) is 3.28. The molecule has 1 saturated carbocycles. The van der Waals surface area contributed by atoms with Gasteiger partial charge in [0, 0.05) is 17.3 Å². The number of benzene rings is 1. The zero-order chi connectivity index (χ0) is 14.2. The molecule has 1 fully saturated rings. The van der Waals surface area contributed by atoms with Crippen LogP contribution in [0.4, 0.5) is 0 Å². The average Bonchev–Trinajstić information content (AvgIpc) is 3.04. The first-order chi connectivity index (χ1) is 10.3. The van der Waals surface area contributed by atoms with Crippen molar-refractivity contribution < 1.29 is 4.79 Å². The summed E-state index contributed by atoms with van der Waals surface area (Å²) < 4.78 is 1.19. The van der Waals surface area contributed by atoms with E-state index in [0.717, 1.165) is 29.6 Å². The Hall–Kier alpha value is -1.65. The van der Waals surface area contributed by atoms with Gasteiger partial charge in [0.05, 0.1) is 4.88 Å². The SMILES string of the molecule is O=C(c1cc2ccccc2s1)N(Cc1ccsc1)C1CC1. The van der Waals surface area contributed by atoms with Crippen LogP contribution in [0.2, 0.25) is 0 Å². The molecule has 0 unspecified atom stereocenters. The van der Waals surface area contributed by atoms with Gasteiger partial charge in [-0.05, 0) is 52.8 Å². The van der Waals surface area contributed by atoms with E-state index in [1.807, 2.05) is 23.1 Å². The Balaban J connectivity index is 1.64. The summed E-state index contributed by atoms with van der Waals surface area (Å²) in [6.07, 6.45) is 2.28. The van der Waals surface area contributed by atoms with Crippen molar-refractivity contribution >= 4 is 38.7 Å². The summed E-state index contributed by atoms with van der Waals surface area (Å²) in [5.41, 5.74) is 1.24. The van der Waals surface area contributed by atoms with Gasteiger partial charge < -0.3 is 4.90 Å². The van der Waals surface area contributed by atoms with Crippen LogP contribution in [0, 0.1) is 0 Å². The van der Waals surface area contributed by atoms with E-state index in [1.54, 1.807) is 22.7 Å². The molecule has 0 aliphatic heterocycles. The lowest BCUT2D eigenvalue weighted by Gasteiger charge is -2.21. The molecule has 2 aromatic heterocycles. The van der Waals surface area contributed by atoms with Crippen LogP contribution in [0.5, 0.6) is 0 Å². The number of fused-ring (bicyclic) bond motifs is 1. The highest BCUT2D eigenvalue weighted by Crippen LogP contribution is 2.33. The van der Waals surface area contributed by atoms with Gasteiger partial charge in [-0.2, -0.15) is 11.3 Å². The van der Waals surface area contributed by atoms with Crippen LogP contribution in [0.3, 0.4) is 0 Å². The molecule has 21 heavy (non-hydrogen) atoms. The zero-order valence-corrected chi connectivity index (χ0v) is 13.1. The lowest BCUT2D eigenvalue weighted by molar-refractivity contribution is 0.0735. The number of carbonyl (C=O) groups excluding carboxylic acids is 1. The van der Waals surface area contributed by atoms with E-state index >= 15 is 0 Å². The minimum Gasteiger partial charge on any atom is -0.331 e. The molecule has 0 bridgehead atoms. The standard InChI is InChI=1S/C17H15NOS2/c19-17(16-9-13-3-1-2-4-15(13)21-16)18(14-5-6-14)10-12-7-8-20-11-12/h1-4,7-9,11,14H,5-6,10H2. The predicted molar refractivity (Wildman–Crippen MR) is 89.0 cm³/mol. The van der Waals surface area contributed by atoms with Crippen LogP contribution in [0.25, 0.3) is 10.1 Å². The Morgan fingerprint density at radius 3 is 2.81 bits per heavy atom. The average molecular weight is 313 g/mol. The van der Waals surface area contributed by atoms with Crippen LogP contribution >= 0.6 is 22.7 Å². The summed E-state index contributed by atoms with van der Waals surface area (Å²) >= 11 is 3.29. The molecule has 1 aliphatic rings. The normalized spacial score (nSPS) is 14.5. The Morgan fingerprint density at radius 1 is 1.24 bits per heavy atom. The molecule has 1 amide bonds. The van der Waals surface area contributed by atoms with Gasteiger partial charge in [-0.15, -0.1) is 11.3 Å². The molecular weight excluding hydrogens is 298 g/mol. The zero-order valence-electron chi connectivity index (χ0n) is 11.5. The molecule has 0 radical (unpaired) electrons. The maximum absolute atomic E-state index is 12.9. The van der Waals surface area contributed by atoms with Crippen molar-refractivity contribution in [3.63, 3.8) is 0 Å². The maximum Gasteiger partial charge on any atom is 0.264 e. The summed E-state index contributed by atoms with van der Waals surface area (Å²) in [5, 5.41) is 5.37.